The molecule has 4 N–H and O–H groups in total. The Morgan fingerprint density at radius 1 is 0.952 bits per heavy atom. The third-order valence-corrected chi connectivity index (χ3v) is 5.46. The van der Waals surface area contributed by atoms with Crippen LogP contribution in [0.25, 0.3) is 0 Å². The van der Waals surface area contributed by atoms with Gasteiger partial charge in [0.1, 0.15) is 4.90 Å². The second kappa shape index (κ2) is 5.44. The van der Waals surface area contributed by atoms with Gasteiger partial charge in [-0.25, -0.2) is 26.3 Å². The number of rotatable bonds is 4. The van der Waals surface area contributed by atoms with E-state index in [1.54, 1.807) is 4.72 Å². The topological polar surface area (TPSA) is 118 Å². The zero-order valence-electron chi connectivity index (χ0n) is 10.8. The largest absolute Gasteiger partial charge is 0.417 e. The van der Waals surface area contributed by atoms with Crippen LogP contribution in [0, 0.1) is 0 Å². The molecule has 12 heteroatoms. The quantitative estimate of drug-likeness (QED) is 0.668. The van der Waals surface area contributed by atoms with Crippen molar-refractivity contribution in [2.24, 2.45) is 0 Å². The van der Waals surface area contributed by atoms with E-state index in [1.165, 1.54) is 0 Å². The van der Waals surface area contributed by atoms with E-state index < -0.39 is 47.3 Å². The predicted molar refractivity (Wildman–Crippen MR) is 68.3 cm³/mol. The molecular weight excluding hydrogens is 335 g/mol. The van der Waals surface area contributed by atoms with Crippen LogP contribution in [-0.4, -0.2) is 30.9 Å². The molecule has 120 valence electrons. The second-order valence-electron chi connectivity index (χ2n) is 3.80. The molecule has 0 atom stereocenters. The average molecular weight is 347 g/mol. The second-order valence-corrected chi connectivity index (χ2v) is 7.51. The first-order valence-electron chi connectivity index (χ1n) is 5.24. The Balaban J connectivity index is 3.87. The number of nitrogen functional groups attached to an aromatic ring is 1. The molecule has 0 aliphatic heterocycles. The maximum Gasteiger partial charge on any atom is 0.417 e. The van der Waals surface area contributed by atoms with Crippen LogP contribution in [0.2, 0.25) is 0 Å². The minimum absolute atomic E-state index is 0.272. The molecule has 0 spiro atoms. The normalized spacial score (nSPS) is 13.4. The van der Waals surface area contributed by atoms with E-state index in [-0.39, 0.29) is 6.07 Å². The highest BCUT2D eigenvalue weighted by Crippen LogP contribution is 2.37. The summed E-state index contributed by atoms with van der Waals surface area (Å²) in [4.78, 5) is -1.98. The maximum atomic E-state index is 12.9. The van der Waals surface area contributed by atoms with Gasteiger partial charge in [-0.2, -0.15) is 13.2 Å². The molecule has 0 heterocycles. The first-order chi connectivity index (χ1) is 9.36. The number of anilines is 1. The number of hydrogen-bond acceptors (Lipinski definition) is 5. The molecule has 1 rings (SSSR count). The lowest BCUT2D eigenvalue weighted by atomic mass is 10.2. The van der Waals surface area contributed by atoms with Crippen molar-refractivity contribution in [3.05, 3.63) is 17.7 Å². The van der Waals surface area contributed by atoms with Crippen molar-refractivity contribution >= 4 is 25.7 Å². The minimum atomic E-state index is -5.02. The van der Waals surface area contributed by atoms with E-state index in [2.05, 4.69) is 0 Å². The van der Waals surface area contributed by atoms with Gasteiger partial charge in [0.15, 0.2) is 0 Å². The fourth-order valence-electron chi connectivity index (χ4n) is 1.47. The van der Waals surface area contributed by atoms with Crippen LogP contribution in [0.5, 0.6) is 0 Å². The number of nitrogens with two attached hydrogens (primary N) is 1. The van der Waals surface area contributed by atoms with E-state index in [4.69, 9.17) is 5.73 Å². The molecule has 1 aromatic carbocycles. The summed E-state index contributed by atoms with van der Waals surface area (Å²) in [5, 5.41) is 0. The first-order valence-corrected chi connectivity index (χ1v) is 8.21. The molecular formula is C9H12F3N3O4S2. The van der Waals surface area contributed by atoms with Crippen LogP contribution in [0.15, 0.2) is 21.9 Å². The fourth-order valence-corrected chi connectivity index (χ4v) is 3.37. The molecule has 0 fully saturated rings. The molecule has 0 aliphatic rings. The Morgan fingerprint density at radius 3 is 1.76 bits per heavy atom. The van der Waals surface area contributed by atoms with Gasteiger partial charge >= 0.3 is 6.18 Å². The Kier molecular flexibility index (Phi) is 4.58. The van der Waals surface area contributed by atoms with E-state index >= 15 is 0 Å². The van der Waals surface area contributed by atoms with Crippen molar-refractivity contribution in [1.82, 2.24) is 9.44 Å². The summed E-state index contributed by atoms with van der Waals surface area (Å²) >= 11 is 0. The number of halogens is 3. The zero-order valence-corrected chi connectivity index (χ0v) is 12.4. The van der Waals surface area contributed by atoms with E-state index in [0.29, 0.717) is 6.07 Å². The number of benzene rings is 1. The molecule has 7 nitrogen and oxygen atoms in total. The molecule has 1 aromatic rings. The summed E-state index contributed by atoms with van der Waals surface area (Å²) in [7, 11) is -6.84. The van der Waals surface area contributed by atoms with Gasteiger partial charge in [0.05, 0.1) is 16.1 Å². The van der Waals surface area contributed by atoms with Gasteiger partial charge in [-0.1, -0.05) is 0 Å². The Hall–Kier alpha value is -1.37. The molecule has 0 radical (unpaired) electrons. The molecule has 0 aromatic heterocycles. The highest BCUT2D eigenvalue weighted by molar-refractivity contribution is 7.90. The standard InChI is InChI=1S/C9H12F3N3O4S2/c1-14-20(16,17)7-4-8(21(18,19)15-2)6(13)3-5(7)9(10,11)12/h3-4,14-15H,13H2,1-2H3. The average Bonchev–Trinajstić information content (AvgIpc) is 2.36. The van der Waals surface area contributed by atoms with Crippen LogP contribution < -0.4 is 15.2 Å². The van der Waals surface area contributed by atoms with Crippen molar-refractivity contribution in [2.45, 2.75) is 16.0 Å². The van der Waals surface area contributed by atoms with Gasteiger partial charge < -0.3 is 5.73 Å². The Labute approximate surface area is 119 Å². The van der Waals surface area contributed by atoms with Gasteiger partial charge in [0, 0.05) is 0 Å². The van der Waals surface area contributed by atoms with Crippen LogP contribution in [0.3, 0.4) is 0 Å². The number of sulfonamides is 2. The smallest absolute Gasteiger partial charge is 0.398 e. The lowest BCUT2D eigenvalue weighted by molar-refractivity contribution is -0.139. The van der Waals surface area contributed by atoms with Gasteiger partial charge in [0.2, 0.25) is 20.0 Å². The van der Waals surface area contributed by atoms with Gasteiger partial charge in [-0.3, -0.25) is 0 Å². The number of nitrogens with one attached hydrogen (secondary N) is 2. The molecule has 0 bridgehead atoms. The summed E-state index contributed by atoms with van der Waals surface area (Å²) in [6, 6.07) is 0.643. The zero-order chi connectivity index (χ0) is 16.6. The molecule has 0 saturated carbocycles. The third kappa shape index (κ3) is 3.45. The molecule has 21 heavy (non-hydrogen) atoms. The first kappa shape index (κ1) is 17.7. The van der Waals surface area contributed by atoms with Crippen molar-refractivity contribution in [1.29, 1.82) is 0 Å². The van der Waals surface area contributed by atoms with Crippen LogP contribution in [0.4, 0.5) is 18.9 Å². The number of hydrogen-bond donors (Lipinski definition) is 3. The summed E-state index contributed by atoms with van der Waals surface area (Å²) in [5.41, 5.74) is 3.03. The van der Waals surface area contributed by atoms with Crippen LogP contribution in [-0.2, 0) is 26.2 Å². The predicted octanol–water partition coefficient (Wildman–Crippen LogP) is 0.104. The van der Waals surface area contributed by atoms with Crippen LogP contribution >= 0.6 is 0 Å². The van der Waals surface area contributed by atoms with E-state index in [9.17, 15) is 30.0 Å². The molecule has 0 amide bonds. The van der Waals surface area contributed by atoms with E-state index in [1.807, 2.05) is 4.72 Å². The Bertz CT molecular complexity index is 757. The summed E-state index contributed by atoms with van der Waals surface area (Å²) in [6.45, 7) is 0. The maximum absolute atomic E-state index is 12.9. The Morgan fingerprint density at radius 2 is 1.38 bits per heavy atom. The van der Waals surface area contributed by atoms with Crippen molar-refractivity contribution < 1.29 is 30.0 Å². The minimum Gasteiger partial charge on any atom is -0.398 e. The fraction of sp³-hybridized carbons (Fsp3) is 0.333. The van der Waals surface area contributed by atoms with Gasteiger partial charge in [-0.05, 0) is 26.2 Å². The SMILES string of the molecule is CNS(=O)(=O)c1cc(S(=O)(=O)NC)c(C(F)(F)F)cc1N. The van der Waals surface area contributed by atoms with Crippen LogP contribution in [0.1, 0.15) is 5.56 Å². The summed E-state index contributed by atoms with van der Waals surface area (Å²) < 4.78 is 88.9. The lowest BCUT2D eigenvalue weighted by Gasteiger charge is -2.16. The molecule has 0 saturated heterocycles. The molecule has 0 aliphatic carbocycles. The highest BCUT2D eigenvalue weighted by atomic mass is 32.2. The highest BCUT2D eigenvalue weighted by Gasteiger charge is 2.38. The number of alkyl halides is 3. The van der Waals surface area contributed by atoms with Gasteiger partial charge in [0.25, 0.3) is 0 Å². The van der Waals surface area contributed by atoms with Crippen molar-refractivity contribution in [2.75, 3.05) is 19.8 Å². The van der Waals surface area contributed by atoms with Gasteiger partial charge in [-0.15, -0.1) is 0 Å². The van der Waals surface area contributed by atoms with Crippen molar-refractivity contribution in [3.63, 3.8) is 0 Å². The third-order valence-electron chi connectivity index (χ3n) is 2.53. The summed E-state index contributed by atoms with van der Waals surface area (Å²) in [5.74, 6) is 0. The summed E-state index contributed by atoms with van der Waals surface area (Å²) in [6.07, 6.45) is -5.02. The van der Waals surface area contributed by atoms with Crippen molar-refractivity contribution in [3.8, 4) is 0 Å². The van der Waals surface area contributed by atoms with E-state index in [0.717, 1.165) is 14.1 Å². The monoisotopic (exact) mass is 347 g/mol. The lowest BCUT2D eigenvalue weighted by Crippen LogP contribution is -2.25. The molecule has 0 unspecified atom stereocenters.